The van der Waals surface area contributed by atoms with E-state index in [1.54, 1.807) is 19.9 Å². The van der Waals surface area contributed by atoms with E-state index in [4.69, 9.17) is 14.2 Å². The minimum atomic E-state index is -0.445. The molecule has 0 aliphatic carbocycles. The summed E-state index contributed by atoms with van der Waals surface area (Å²) < 4.78 is 16.8. The second-order valence-corrected chi connectivity index (χ2v) is 6.50. The lowest BCUT2D eigenvalue weighted by atomic mass is 9.86. The van der Waals surface area contributed by atoms with Gasteiger partial charge in [-0.15, -0.1) is 0 Å². The van der Waals surface area contributed by atoms with E-state index < -0.39 is 11.7 Å². The summed E-state index contributed by atoms with van der Waals surface area (Å²) in [7, 11) is 0. The molecule has 1 fully saturated rings. The number of ether oxygens (including phenoxy) is 3. The van der Waals surface area contributed by atoms with Gasteiger partial charge in [0.15, 0.2) is 6.29 Å². The van der Waals surface area contributed by atoms with Gasteiger partial charge >= 0.3 is 5.97 Å². The van der Waals surface area contributed by atoms with Crippen LogP contribution in [0, 0.1) is 10.8 Å². The van der Waals surface area contributed by atoms with Crippen molar-refractivity contribution in [3.8, 4) is 0 Å². The van der Waals surface area contributed by atoms with E-state index in [0.29, 0.717) is 18.8 Å². The van der Waals surface area contributed by atoms with Crippen molar-refractivity contribution in [1.29, 1.82) is 0 Å². The molecule has 1 heterocycles. The number of esters is 1. The summed E-state index contributed by atoms with van der Waals surface area (Å²) in [5.41, 5.74) is -0.175. The molecular formula is C16H28O5. The fraction of sp³-hybridized carbons (Fsp3) is 0.812. The summed E-state index contributed by atoms with van der Waals surface area (Å²) in [6, 6.07) is 0. The lowest BCUT2D eigenvalue weighted by Crippen LogP contribution is -2.50. The average molecular weight is 300 g/mol. The van der Waals surface area contributed by atoms with Crippen LogP contribution in [0.1, 0.15) is 41.0 Å². The summed E-state index contributed by atoms with van der Waals surface area (Å²) in [5.74, 6) is -0.320. The molecular weight excluding hydrogens is 272 g/mol. The predicted octanol–water partition coefficient (Wildman–Crippen LogP) is 2.28. The van der Waals surface area contributed by atoms with Crippen LogP contribution in [0.5, 0.6) is 0 Å². The van der Waals surface area contributed by atoms with Crippen LogP contribution in [0.25, 0.3) is 0 Å². The maximum atomic E-state index is 11.7. The highest BCUT2D eigenvalue weighted by Gasteiger charge is 2.41. The average Bonchev–Trinajstić information content (AvgIpc) is 2.51. The number of aliphatic hydroxyl groups excluding tert-OH is 1. The number of hydrogen-bond acceptors (Lipinski definition) is 5. The molecule has 0 atom stereocenters. The van der Waals surface area contributed by atoms with Crippen molar-refractivity contribution in [2.45, 2.75) is 47.3 Å². The first-order chi connectivity index (χ1) is 9.80. The standard InChI is InChI=1S/C16H28O5/c1-6-12(3)13(18)19-9-15(4,5)14-20-10-16(7-2,8-17)11-21-14/h6,14,17H,7-11H2,1-5H3. The van der Waals surface area contributed by atoms with Gasteiger partial charge in [-0.2, -0.15) is 0 Å². The molecule has 0 aromatic rings. The third-order valence-corrected chi connectivity index (χ3v) is 4.14. The van der Waals surface area contributed by atoms with Crippen LogP contribution >= 0.6 is 0 Å². The lowest BCUT2D eigenvalue weighted by molar-refractivity contribution is -0.279. The normalized spacial score (nSPS) is 27.5. The Hall–Kier alpha value is -0.910. The molecule has 21 heavy (non-hydrogen) atoms. The van der Waals surface area contributed by atoms with Crippen LogP contribution in [0.15, 0.2) is 11.6 Å². The molecule has 5 heteroatoms. The summed E-state index contributed by atoms with van der Waals surface area (Å²) in [6.07, 6.45) is 2.08. The number of carbonyl (C=O) groups excluding carboxylic acids is 1. The Kier molecular flexibility index (Phi) is 6.38. The fourth-order valence-corrected chi connectivity index (χ4v) is 2.00. The zero-order valence-corrected chi connectivity index (χ0v) is 13.8. The number of rotatable bonds is 6. The van der Waals surface area contributed by atoms with Gasteiger partial charge in [-0.3, -0.25) is 0 Å². The first-order valence-corrected chi connectivity index (χ1v) is 7.44. The van der Waals surface area contributed by atoms with Crippen molar-refractivity contribution >= 4 is 5.97 Å². The minimum absolute atomic E-state index is 0.0477. The summed E-state index contributed by atoms with van der Waals surface area (Å²) >= 11 is 0. The van der Waals surface area contributed by atoms with Crippen molar-refractivity contribution in [3.63, 3.8) is 0 Å². The van der Waals surface area contributed by atoms with E-state index in [2.05, 4.69) is 0 Å². The molecule has 0 spiro atoms. The molecule has 1 rings (SSSR count). The first kappa shape index (κ1) is 18.1. The molecule has 122 valence electrons. The smallest absolute Gasteiger partial charge is 0.333 e. The van der Waals surface area contributed by atoms with E-state index in [0.717, 1.165) is 6.42 Å². The van der Waals surface area contributed by atoms with Gasteiger partial charge in [0.25, 0.3) is 0 Å². The first-order valence-electron chi connectivity index (χ1n) is 7.44. The quantitative estimate of drug-likeness (QED) is 0.602. The second kappa shape index (κ2) is 7.38. The third kappa shape index (κ3) is 4.53. The predicted molar refractivity (Wildman–Crippen MR) is 79.7 cm³/mol. The Bertz CT molecular complexity index is 372. The minimum Gasteiger partial charge on any atom is -0.462 e. The van der Waals surface area contributed by atoms with E-state index in [1.165, 1.54) is 0 Å². The third-order valence-electron chi connectivity index (χ3n) is 4.14. The highest BCUT2D eigenvalue weighted by molar-refractivity contribution is 5.87. The van der Waals surface area contributed by atoms with Crippen LogP contribution in [-0.4, -0.2) is 43.8 Å². The van der Waals surface area contributed by atoms with Crippen LogP contribution in [0.2, 0.25) is 0 Å². The molecule has 1 aliphatic heterocycles. The number of aliphatic hydroxyl groups is 1. The molecule has 0 bridgehead atoms. The van der Waals surface area contributed by atoms with Gasteiger partial charge in [0, 0.05) is 16.4 Å². The monoisotopic (exact) mass is 300 g/mol. The number of allylic oxidation sites excluding steroid dienone is 1. The Balaban J connectivity index is 2.55. The Morgan fingerprint density at radius 2 is 2.00 bits per heavy atom. The summed E-state index contributed by atoms with van der Waals surface area (Å²) in [4.78, 5) is 11.7. The SMILES string of the molecule is CC=C(C)C(=O)OCC(C)(C)C1OCC(CC)(CO)CO1. The largest absolute Gasteiger partial charge is 0.462 e. The molecule has 0 amide bonds. The van der Waals surface area contributed by atoms with Crippen molar-refractivity contribution < 1.29 is 24.1 Å². The zero-order chi connectivity index (χ0) is 16.1. The van der Waals surface area contributed by atoms with Gasteiger partial charge in [0.2, 0.25) is 0 Å². The molecule has 1 saturated heterocycles. The van der Waals surface area contributed by atoms with E-state index in [1.807, 2.05) is 20.8 Å². The van der Waals surface area contributed by atoms with Gasteiger partial charge in [-0.05, 0) is 20.3 Å². The molecule has 0 aromatic carbocycles. The van der Waals surface area contributed by atoms with E-state index in [9.17, 15) is 9.90 Å². The Labute approximate surface area is 127 Å². The van der Waals surface area contributed by atoms with E-state index in [-0.39, 0.29) is 24.6 Å². The summed E-state index contributed by atoms with van der Waals surface area (Å²) in [6.45, 7) is 10.6. The fourth-order valence-electron chi connectivity index (χ4n) is 2.00. The van der Waals surface area contributed by atoms with Gasteiger partial charge < -0.3 is 19.3 Å². The van der Waals surface area contributed by atoms with Crippen LogP contribution < -0.4 is 0 Å². The number of hydrogen-bond donors (Lipinski definition) is 1. The van der Waals surface area contributed by atoms with Crippen molar-refractivity contribution in [2.24, 2.45) is 10.8 Å². The maximum absolute atomic E-state index is 11.7. The van der Waals surface area contributed by atoms with E-state index >= 15 is 0 Å². The lowest BCUT2D eigenvalue weighted by Gasteiger charge is -2.43. The van der Waals surface area contributed by atoms with Gasteiger partial charge in [-0.25, -0.2) is 4.79 Å². The molecule has 0 saturated carbocycles. The molecule has 0 aromatic heterocycles. The topological polar surface area (TPSA) is 65.0 Å². The maximum Gasteiger partial charge on any atom is 0.333 e. The van der Waals surface area contributed by atoms with Gasteiger partial charge in [-0.1, -0.05) is 26.8 Å². The molecule has 0 radical (unpaired) electrons. The van der Waals surface area contributed by atoms with Gasteiger partial charge in [0.1, 0.15) is 6.61 Å². The summed E-state index contributed by atoms with van der Waals surface area (Å²) in [5, 5.41) is 9.46. The second-order valence-electron chi connectivity index (χ2n) is 6.50. The van der Waals surface area contributed by atoms with Gasteiger partial charge in [0.05, 0.1) is 19.8 Å². The van der Waals surface area contributed by atoms with Crippen molar-refractivity contribution in [1.82, 2.24) is 0 Å². The molecule has 1 aliphatic rings. The Morgan fingerprint density at radius 1 is 1.43 bits per heavy atom. The van der Waals surface area contributed by atoms with Crippen LogP contribution in [-0.2, 0) is 19.0 Å². The highest BCUT2D eigenvalue weighted by atomic mass is 16.7. The molecule has 1 N–H and O–H groups in total. The van der Waals surface area contributed by atoms with Crippen molar-refractivity contribution in [3.05, 3.63) is 11.6 Å². The zero-order valence-electron chi connectivity index (χ0n) is 13.8. The Morgan fingerprint density at radius 3 is 2.43 bits per heavy atom. The van der Waals surface area contributed by atoms with Crippen LogP contribution in [0.3, 0.4) is 0 Å². The van der Waals surface area contributed by atoms with Crippen LogP contribution in [0.4, 0.5) is 0 Å². The molecule has 0 unspecified atom stereocenters. The number of carbonyl (C=O) groups is 1. The van der Waals surface area contributed by atoms with Crippen molar-refractivity contribution in [2.75, 3.05) is 26.4 Å². The molecule has 5 nitrogen and oxygen atoms in total. The highest BCUT2D eigenvalue weighted by Crippen LogP contribution is 2.34.